The molecule has 0 spiro atoms. The molecule has 0 saturated carbocycles. The van der Waals surface area contributed by atoms with Gasteiger partial charge in [0.2, 0.25) is 0 Å². The number of amides is 2. The highest BCUT2D eigenvalue weighted by Crippen LogP contribution is 2.16. The Balaban J connectivity index is 1.95. The van der Waals surface area contributed by atoms with Gasteiger partial charge >= 0.3 is 6.09 Å². The number of nitrogens with one attached hydrogen (secondary N) is 2. The van der Waals surface area contributed by atoms with Gasteiger partial charge in [0.25, 0.3) is 5.91 Å². The number of halogens is 1. The minimum absolute atomic E-state index is 0.259. The van der Waals surface area contributed by atoms with E-state index < -0.39 is 11.7 Å². The first kappa shape index (κ1) is 19.4. The average Bonchev–Trinajstić information content (AvgIpc) is 2.54. The Morgan fingerprint density at radius 3 is 2.12 bits per heavy atom. The lowest BCUT2D eigenvalue weighted by Gasteiger charge is -2.19. The summed E-state index contributed by atoms with van der Waals surface area (Å²) in [7, 11) is 0. The lowest BCUT2D eigenvalue weighted by atomic mass is 10.1. The summed E-state index contributed by atoms with van der Waals surface area (Å²) in [6, 6.07) is 12.2. The summed E-state index contributed by atoms with van der Waals surface area (Å²) in [6.07, 6.45) is -0.556. The van der Waals surface area contributed by atoms with E-state index in [-0.39, 0.29) is 17.8 Å². The van der Waals surface area contributed by atoms with Crippen molar-refractivity contribution in [1.29, 1.82) is 0 Å². The molecule has 26 heavy (non-hydrogen) atoms. The van der Waals surface area contributed by atoms with Gasteiger partial charge in [-0.05, 0) is 69.7 Å². The zero-order valence-electron chi connectivity index (χ0n) is 15.3. The second-order valence-corrected chi connectivity index (χ2v) is 6.95. The molecule has 0 aliphatic rings. The molecule has 2 N–H and O–H groups in total. The van der Waals surface area contributed by atoms with Crippen LogP contribution in [0.5, 0.6) is 0 Å². The maximum absolute atomic E-state index is 13.0. The van der Waals surface area contributed by atoms with Crippen molar-refractivity contribution in [3.05, 3.63) is 65.5 Å². The van der Waals surface area contributed by atoms with E-state index in [4.69, 9.17) is 4.74 Å². The summed E-state index contributed by atoms with van der Waals surface area (Å²) in [5, 5.41) is 5.46. The molecule has 0 saturated heterocycles. The number of carbonyl (C=O) groups excluding carboxylic acids is 2. The van der Waals surface area contributed by atoms with Gasteiger partial charge in [-0.2, -0.15) is 0 Å². The van der Waals surface area contributed by atoms with Gasteiger partial charge in [0.05, 0.1) is 6.04 Å². The highest BCUT2D eigenvalue weighted by atomic mass is 19.1. The van der Waals surface area contributed by atoms with Crippen LogP contribution in [0, 0.1) is 5.82 Å². The van der Waals surface area contributed by atoms with Crippen LogP contribution in [0.25, 0.3) is 0 Å². The molecule has 138 valence electrons. The third-order valence-electron chi connectivity index (χ3n) is 3.51. The van der Waals surface area contributed by atoms with Gasteiger partial charge in [0, 0.05) is 11.3 Å². The molecule has 0 radical (unpaired) electrons. The van der Waals surface area contributed by atoms with Gasteiger partial charge in [-0.1, -0.05) is 12.1 Å². The van der Waals surface area contributed by atoms with Crippen molar-refractivity contribution in [2.45, 2.75) is 39.3 Å². The van der Waals surface area contributed by atoms with Crippen molar-refractivity contribution in [3.63, 3.8) is 0 Å². The fourth-order valence-corrected chi connectivity index (χ4v) is 2.24. The van der Waals surface area contributed by atoms with E-state index in [1.54, 1.807) is 57.2 Å². The van der Waals surface area contributed by atoms with Crippen LogP contribution >= 0.6 is 0 Å². The summed E-state index contributed by atoms with van der Waals surface area (Å²) in [4.78, 5) is 24.1. The van der Waals surface area contributed by atoms with Crippen molar-refractivity contribution >= 4 is 17.7 Å². The average molecular weight is 358 g/mol. The fourth-order valence-electron chi connectivity index (χ4n) is 2.24. The minimum Gasteiger partial charge on any atom is -0.444 e. The van der Waals surface area contributed by atoms with Crippen molar-refractivity contribution in [3.8, 4) is 0 Å². The maximum atomic E-state index is 13.0. The van der Waals surface area contributed by atoms with E-state index in [1.807, 2.05) is 6.92 Å². The van der Waals surface area contributed by atoms with E-state index in [2.05, 4.69) is 10.6 Å². The zero-order chi connectivity index (χ0) is 19.3. The van der Waals surface area contributed by atoms with Gasteiger partial charge in [-0.3, -0.25) is 10.1 Å². The molecule has 0 fully saturated rings. The number of hydrogen-bond donors (Lipinski definition) is 2. The minimum atomic E-state index is -0.583. The number of hydrogen-bond acceptors (Lipinski definition) is 3. The molecule has 0 aliphatic carbocycles. The molecule has 2 amide bonds. The van der Waals surface area contributed by atoms with Crippen LogP contribution in [0.2, 0.25) is 0 Å². The summed E-state index contributed by atoms with van der Waals surface area (Å²) in [6.45, 7) is 7.16. The monoisotopic (exact) mass is 358 g/mol. The molecule has 2 aromatic rings. The third-order valence-corrected chi connectivity index (χ3v) is 3.51. The Morgan fingerprint density at radius 2 is 1.58 bits per heavy atom. The number of carbonyl (C=O) groups is 2. The lowest BCUT2D eigenvalue weighted by molar-refractivity contribution is 0.0635. The van der Waals surface area contributed by atoms with E-state index in [1.165, 1.54) is 12.1 Å². The van der Waals surface area contributed by atoms with Crippen LogP contribution in [0.15, 0.2) is 48.5 Å². The van der Waals surface area contributed by atoms with Crippen molar-refractivity contribution in [2.24, 2.45) is 0 Å². The number of rotatable bonds is 4. The smallest absolute Gasteiger partial charge is 0.412 e. The van der Waals surface area contributed by atoms with E-state index in [0.717, 1.165) is 5.56 Å². The highest BCUT2D eigenvalue weighted by Gasteiger charge is 2.16. The molecule has 0 unspecified atom stereocenters. The normalized spacial score (nSPS) is 12.2. The molecular weight excluding hydrogens is 335 g/mol. The predicted octanol–water partition coefficient (Wildman–Crippen LogP) is 4.66. The first-order valence-corrected chi connectivity index (χ1v) is 8.30. The SMILES string of the molecule is C[C@@H](NC(=O)c1ccc(NC(=O)OC(C)(C)C)cc1)c1ccc(F)cc1. The number of benzene rings is 2. The zero-order valence-corrected chi connectivity index (χ0v) is 15.3. The summed E-state index contributed by atoms with van der Waals surface area (Å²) < 4.78 is 18.1. The Morgan fingerprint density at radius 1 is 1.00 bits per heavy atom. The molecule has 0 heterocycles. The number of anilines is 1. The largest absolute Gasteiger partial charge is 0.444 e. The Bertz CT molecular complexity index is 765. The third kappa shape index (κ3) is 5.88. The van der Waals surface area contributed by atoms with Crippen LogP contribution < -0.4 is 10.6 Å². The second-order valence-electron chi connectivity index (χ2n) is 6.95. The van der Waals surface area contributed by atoms with E-state index in [9.17, 15) is 14.0 Å². The molecule has 0 aromatic heterocycles. The van der Waals surface area contributed by atoms with Crippen molar-refractivity contribution in [2.75, 3.05) is 5.32 Å². The molecule has 2 aromatic carbocycles. The van der Waals surface area contributed by atoms with Crippen molar-refractivity contribution in [1.82, 2.24) is 5.32 Å². The quantitative estimate of drug-likeness (QED) is 0.835. The molecule has 2 rings (SSSR count). The summed E-state index contributed by atoms with van der Waals surface area (Å²) >= 11 is 0. The molecular formula is C20H23FN2O3. The van der Waals surface area contributed by atoms with Gasteiger partial charge in [0.1, 0.15) is 11.4 Å². The first-order valence-electron chi connectivity index (χ1n) is 8.30. The van der Waals surface area contributed by atoms with Crippen LogP contribution in [0.4, 0.5) is 14.9 Å². The Labute approximate surface area is 152 Å². The topological polar surface area (TPSA) is 67.4 Å². The van der Waals surface area contributed by atoms with E-state index >= 15 is 0 Å². The second kappa shape index (κ2) is 7.99. The number of ether oxygens (including phenoxy) is 1. The Kier molecular flexibility index (Phi) is 5.97. The van der Waals surface area contributed by atoms with Crippen LogP contribution in [-0.2, 0) is 4.74 Å². The van der Waals surface area contributed by atoms with E-state index in [0.29, 0.717) is 11.3 Å². The van der Waals surface area contributed by atoms with Crippen LogP contribution in [0.1, 0.15) is 49.7 Å². The van der Waals surface area contributed by atoms with Gasteiger partial charge in [0.15, 0.2) is 0 Å². The molecule has 6 heteroatoms. The highest BCUT2D eigenvalue weighted by molar-refractivity contribution is 5.95. The summed E-state index contributed by atoms with van der Waals surface area (Å²) in [5.41, 5.74) is 1.21. The predicted molar refractivity (Wildman–Crippen MR) is 98.6 cm³/mol. The first-order chi connectivity index (χ1) is 12.1. The molecule has 1 atom stereocenters. The maximum Gasteiger partial charge on any atom is 0.412 e. The van der Waals surface area contributed by atoms with Gasteiger partial charge in [-0.15, -0.1) is 0 Å². The molecule has 0 bridgehead atoms. The Hall–Kier alpha value is -2.89. The molecule has 0 aliphatic heterocycles. The summed E-state index contributed by atoms with van der Waals surface area (Å²) in [5.74, 6) is -0.578. The van der Waals surface area contributed by atoms with Crippen LogP contribution in [0.3, 0.4) is 0 Å². The lowest BCUT2D eigenvalue weighted by Crippen LogP contribution is -2.27. The van der Waals surface area contributed by atoms with Crippen molar-refractivity contribution < 1.29 is 18.7 Å². The fraction of sp³-hybridized carbons (Fsp3) is 0.300. The standard InChI is InChI=1S/C20H23FN2O3/c1-13(14-5-9-16(21)10-6-14)22-18(24)15-7-11-17(12-8-15)23-19(25)26-20(2,3)4/h5-13H,1-4H3,(H,22,24)(H,23,25)/t13-/m1/s1. The van der Waals surface area contributed by atoms with Gasteiger partial charge < -0.3 is 10.1 Å². The van der Waals surface area contributed by atoms with Gasteiger partial charge in [-0.25, -0.2) is 9.18 Å². The van der Waals surface area contributed by atoms with Crippen LogP contribution in [-0.4, -0.2) is 17.6 Å². The molecule has 5 nitrogen and oxygen atoms in total.